The summed E-state index contributed by atoms with van der Waals surface area (Å²) in [5.41, 5.74) is 1.98. The van der Waals surface area contributed by atoms with Crippen LogP contribution in [0.5, 0.6) is 5.75 Å². The Morgan fingerprint density at radius 3 is 2.42 bits per heavy atom. The van der Waals surface area contributed by atoms with Crippen molar-refractivity contribution in [2.45, 2.75) is 38.9 Å². The van der Waals surface area contributed by atoms with Crippen molar-refractivity contribution in [2.24, 2.45) is 0 Å². The Bertz CT molecular complexity index is 451. The van der Waals surface area contributed by atoms with E-state index >= 15 is 0 Å². The van der Waals surface area contributed by atoms with Crippen molar-refractivity contribution >= 4 is 11.6 Å². The molecule has 0 aromatic heterocycles. The first-order valence-electron chi connectivity index (χ1n) is 6.70. The first-order chi connectivity index (χ1) is 9.04. The van der Waals surface area contributed by atoms with Gasteiger partial charge in [0.25, 0.3) is 0 Å². The fourth-order valence-corrected chi connectivity index (χ4v) is 2.79. The number of halogens is 1. The minimum absolute atomic E-state index is 0.322. The van der Waals surface area contributed by atoms with E-state index in [2.05, 4.69) is 13.8 Å². The van der Waals surface area contributed by atoms with Gasteiger partial charge in [-0.05, 0) is 23.6 Å². The summed E-state index contributed by atoms with van der Waals surface area (Å²) in [7, 11) is 1.68. The Kier molecular flexibility index (Phi) is 4.39. The fraction of sp³-hybridized carbons (Fsp3) is 0.600. The lowest BCUT2D eigenvalue weighted by molar-refractivity contribution is -0.168. The van der Waals surface area contributed by atoms with Crippen LogP contribution in [0.1, 0.15) is 44.2 Å². The highest BCUT2D eigenvalue weighted by Crippen LogP contribution is 2.44. The highest BCUT2D eigenvalue weighted by Gasteiger charge is 2.40. The quantitative estimate of drug-likeness (QED) is 0.834. The molecule has 1 aliphatic heterocycles. The van der Waals surface area contributed by atoms with E-state index in [9.17, 15) is 0 Å². The Labute approximate surface area is 119 Å². The molecule has 0 saturated carbocycles. The van der Waals surface area contributed by atoms with Crippen molar-refractivity contribution in [2.75, 3.05) is 20.3 Å². The van der Waals surface area contributed by atoms with Crippen molar-refractivity contribution in [3.8, 4) is 5.75 Å². The zero-order chi connectivity index (χ0) is 14.0. The number of rotatable bonds is 4. The molecule has 1 fully saturated rings. The van der Waals surface area contributed by atoms with E-state index in [1.807, 2.05) is 19.1 Å². The van der Waals surface area contributed by atoms with Gasteiger partial charge in [-0.3, -0.25) is 0 Å². The Morgan fingerprint density at radius 2 is 1.95 bits per heavy atom. The van der Waals surface area contributed by atoms with Crippen LogP contribution in [0.4, 0.5) is 0 Å². The fourth-order valence-electron chi connectivity index (χ4n) is 2.56. The zero-order valence-corrected chi connectivity index (χ0v) is 12.7. The average molecular weight is 285 g/mol. The van der Waals surface area contributed by atoms with Gasteiger partial charge < -0.3 is 14.2 Å². The van der Waals surface area contributed by atoms with Crippen LogP contribution in [0.2, 0.25) is 5.02 Å². The maximum atomic E-state index is 6.25. The lowest BCUT2D eigenvalue weighted by Crippen LogP contribution is -2.27. The molecule has 0 N–H and O–H groups in total. The molecule has 1 aliphatic rings. The molecule has 0 bridgehead atoms. The van der Waals surface area contributed by atoms with Gasteiger partial charge in [-0.2, -0.15) is 0 Å². The molecule has 0 radical (unpaired) electrons. The van der Waals surface area contributed by atoms with E-state index in [0.717, 1.165) is 23.3 Å². The molecule has 0 atom stereocenters. The van der Waals surface area contributed by atoms with Crippen LogP contribution in [0.25, 0.3) is 0 Å². The molecule has 0 aliphatic carbocycles. The second-order valence-corrected chi connectivity index (χ2v) is 5.47. The van der Waals surface area contributed by atoms with Crippen LogP contribution < -0.4 is 4.74 Å². The number of hydrogen-bond donors (Lipinski definition) is 0. The minimum Gasteiger partial charge on any atom is -0.496 e. The molecular weight excluding hydrogens is 264 g/mol. The second kappa shape index (κ2) is 5.70. The van der Waals surface area contributed by atoms with E-state index in [1.165, 1.54) is 0 Å². The van der Waals surface area contributed by atoms with Gasteiger partial charge in [0.2, 0.25) is 0 Å². The molecule has 1 aromatic carbocycles. The largest absolute Gasteiger partial charge is 0.496 e. The first kappa shape index (κ1) is 14.6. The summed E-state index contributed by atoms with van der Waals surface area (Å²) in [5, 5.41) is 0.687. The zero-order valence-electron chi connectivity index (χ0n) is 12.0. The van der Waals surface area contributed by atoms with Gasteiger partial charge in [-0.1, -0.05) is 32.4 Å². The maximum absolute atomic E-state index is 6.25. The van der Waals surface area contributed by atoms with Gasteiger partial charge in [0, 0.05) is 11.4 Å². The summed E-state index contributed by atoms with van der Waals surface area (Å²) in [6, 6.07) is 3.84. The van der Waals surface area contributed by atoms with Gasteiger partial charge in [-0.25, -0.2) is 0 Å². The third-order valence-electron chi connectivity index (χ3n) is 3.54. The van der Waals surface area contributed by atoms with Crippen LogP contribution in [0.15, 0.2) is 12.1 Å². The van der Waals surface area contributed by atoms with E-state index in [-0.39, 0.29) is 0 Å². The lowest BCUT2D eigenvalue weighted by Gasteiger charge is -2.29. The summed E-state index contributed by atoms with van der Waals surface area (Å²) in [5.74, 6) is 0.422. The Morgan fingerprint density at radius 1 is 1.32 bits per heavy atom. The predicted octanol–water partition coefficient (Wildman–Crippen LogP) is 4.08. The van der Waals surface area contributed by atoms with Crippen molar-refractivity contribution in [1.82, 2.24) is 0 Å². The minimum atomic E-state index is -0.722. The molecule has 106 valence electrons. The number of hydrogen-bond acceptors (Lipinski definition) is 3. The molecular formula is C15H21ClO3. The highest BCUT2D eigenvalue weighted by atomic mass is 35.5. The Balaban J connectivity index is 2.61. The SMILES string of the molecule is CCC1(c2cc(Cl)cc(C(C)C)c2OC)OCCO1. The number of ether oxygens (including phenoxy) is 3. The topological polar surface area (TPSA) is 27.7 Å². The van der Waals surface area contributed by atoms with E-state index in [1.54, 1.807) is 7.11 Å². The molecule has 4 heteroatoms. The summed E-state index contributed by atoms with van der Waals surface area (Å²) in [6.07, 6.45) is 0.723. The molecule has 0 unspecified atom stereocenters. The van der Waals surface area contributed by atoms with Crippen LogP contribution in [0, 0.1) is 0 Å². The number of benzene rings is 1. The molecule has 1 heterocycles. The second-order valence-electron chi connectivity index (χ2n) is 5.03. The molecule has 1 saturated heterocycles. The third-order valence-corrected chi connectivity index (χ3v) is 3.76. The predicted molar refractivity (Wildman–Crippen MR) is 76.0 cm³/mol. The molecule has 0 amide bonds. The summed E-state index contributed by atoms with van der Waals surface area (Å²) < 4.78 is 17.3. The number of methoxy groups -OCH3 is 1. The van der Waals surface area contributed by atoms with Gasteiger partial charge in [-0.15, -0.1) is 0 Å². The van der Waals surface area contributed by atoms with Gasteiger partial charge >= 0.3 is 0 Å². The van der Waals surface area contributed by atoms with Crippen LogP contribution in [0.3, 0.4) is 0 Å². The van der Waals surface area contributed by atoms with Crippen LogP contribution in [-0.4, -0.2) is 20.3 Å². The standard InChI is InChI=1S/C15H21ClO3/c1-5-15(18-6-7-19-15)13-9-11(16)8-12(10(2)3)14(13)17-4/h8-10H,5-7H2,1-4H3. The molecule has 0 spiro atoms. The van der Waals surface area contributed by atoms with Crippen LogP contribution >= 0.6 is 11.6 Å². The summed E-state index contributed by atoms with van der Waals surface area (Å²) >= 11 is 6.25. The third kappa shape index (κ3) is 2.60. The Hall–Kier alpha value is -0.770. The monoisotopic (exact) mass is 284 g/mol. The molecule has 19 heavy (non-hydrogen) atoms. The highest BCUT2D eigenvalue weighted by molar-refractivity contribution is 6.30. The van der Waals surface area contributed by atoms with Crippen molar-refractivity contribution in [3.05, 3.63) is 28.3 Å². The summed E-state index contributed by atoms with van der Waals surface area (Å²) in [4.78, 5) is 0. The average Bonchev–Trinajstić information content (AvgIpc) is 2.87. The molecule has 1 aromatic rings. The normalized spacial score (nSPS) is 18.0. The van der Waals surface area contributed by atoms with E-state index < -0.39 is 5.79 Å². The van der Waals surface area contributed by atoms with Crippen molar-refractivity contribution < 1.29 is 14.2 Å². The summed E-state index contributed by atoms with van der Waals surface area (Å²) in [6.45, 7) is 7.47. The van der Waals surface area contributed by atoms with Crippen molar-refractivity contribution in [3.63, 3.8) is 0 Å². The van der Waals surface area contributed by atoms with Gasteiger partial charge in [0.1, 0.15) is 5.75 Å². The molecule has 2 rings (SSSR count). The smallest absolute Gasteiger partial charge is 0.198 e. The lowest BCUT2D eigenvalue weighted by atomic mass is 9.94. The van der Waals surface area contributed by atoms with Gasteiger partial charge in [0.15, 0.2) is 5.79 Å². The van der Waals surface area contributed by atoms with Crippen molar-refractivity contribution in [1.29, 1.82) is 0 Å². The van der Waals surface area contributed by atoms with Gasteiger partial charge in [0.05, 0.1) is 25.9 Å². The van der Waals surface area contributed by atoms with Crippen LogP contribution in [-0.2, 0) is 15.3 Å². The maximum Gasteiger partial charge on any atom is 0.198 e. The molecule has 3 nitrogen and oxygen atoms in total. The first-order valence-corrected chi connectivity index (χ1v) is 7.07. The van der Waals surface area contributed by atoms with E-state index in [0.29, 0.717) is 24.2 Å². The van der Waals surface area contributed by atoms with E-state index in [4.69, 9.17) is 25.8 Å².